The van der Waals surface area contributed by atoms with Gasteiger partial charge in [0.25, 0.3) is 0 Å². The van der Waals surface area contributed by atoms with Crippen molar-refractivity contribution in [2.24, 2.45) is 21.0 Å². The maximum atomic E-state index is 5.67. The summed E-state index contributed by atoms with van der Waals surface area (Å²) < 4.78 is 10.5. The number of rotatable bonds is 8. The van der Waals surface area contributed by atoms with Crippen molar-refractivity contribution in [2.45, 2.75) is 0 Å². The topological polar surface area (TPSA) is 93.6 Å². The highest BCUT2D eigenvalue weighted by Crippen LogP contribution is 2.18. The number of hydrazone groups is 1. The second-order valence-electron chi connectivity index (χ2n) is 5.34. The van der Waals surface area contributed by atoms with E-state index in [1.807, 2.05) is 60.7 Å². The van der Waals surface area contributed by atoms with Crippen molar-refractivity contribution in [3.63, 3.8) is 0 Å². The van der Waals surface area contributed by atoms with E-state index in [2.05, 4.69) is 20.7 Å². The number of para-hydroxylation sites is 2. The second kappa shape index (κ2) is 11.7. The van der Waals surface area contributed by atoms with Crippen molar-refractivity contribution in [3.8, 4) is 11.5 Å². The third-order valence-electron chi connectivity index (χ3n) is 3.49. The van der Waals surface area contributed by atoms with Crippen LogP contribution in [0.25, 0.3) is 12.2 Å². The van der Waals surface area contributed by atoms with Gasteiger partial charge in [0.15, 0.2) is 0 Å². The lowest BCUT2D eigenvalue weighted by molar-refractivity contribution is 0.414. The van der Waals surface area contributed by atoms with E-state index in [0.717, 1.165) is 22.6 Å². The van der Waals surface area contributed by atoms with Gasteiger partial charge in [-0.1, -0.05) is 36.4 Å². The lowest BCUT2D eigenvalue weighted by Crippen LogP contribution is -2.26. The maximum Gasteiger partial charge on any atom is 0.234 e. The minimum atomic E-state index is 0.0730. The fourth-order valence-electron chi connectivity index (χ4n) is 2.20. The van der Waals surface area contributed by atoms with Crippen LogP contribution in [0.3, 0.4) is 0 Å². The minimum absolute atomic E-state index is 0.0730. The zero-order chi connectivity index (χ0) is 20.0. The van der Waals surface area contributed by atoms with E-state index < -0.39 is 0 Å². The van der Waals surface area contributed by atoms with Gasteiger partial charge in [-0.15, -0.1) is 5.10 Å². The fraction of sp³-hybridized carbons (Fsp3) is 0.0952. The molecule has 28 heavy (non-hydrogen) atoms. The molecule has 0 fully saturated rings. The van der Waals surface area contributed by atoms with Gasteiger partial charge in [0.05, 0.1) is 14.2 Å². The number of methoxy groups -OCH3 is 2. The molecule has 0 unspecified atom stereocenters. The van der Waals surface area contributed by atoms with Gasteiger partial charge in [-0.2, -0.15) is 10.2 Å². The molecule has 0 saturated heterocycles. The Morgan fingerprint density at radius 2 is 1.39 bits per heavy atom. The van der Waals surface area contributed by atoms with E-state index in [9.17, 15) is 0 Å². The van der Waals surface area contributed by atoms with Crippen molar-refractivity contribution in [1.82, 2.24) is 5.43 Å². The molecule has 0 amide bonds. The van der Waals surface area contributed by atoms with E-state index in [1.165, 1.54) is 6.21 Å². The predicted molar refractivity (Wildman–Crippen MR) is 116 cm³/mol. The first-order chi connectivity index (χ1) is 13.7. The first-order valence-corrected chi connectivity index (χ1v) is 8.49. The quantitative estimate of drug-likeness (QED) is 0.419. The molecule has 0 aromatic heterocycles. The number of nitrogens with two attached hydrogens (primary N) is 1. The molecular formula is C21H23N5O2. The highest BCUT2D eigenvalue weighted by molar-refractivity contribution is 5.84. The standard InChI is InChI=1S/C21H23N5O2/c1-27-19-13-5-3-9-17(19)11-7-15-23-25-21(22)26-24-16-8-12-18-10-4-6-14-20(18)28-2/h3-16H,1-2H3,(H3,22,25,26)/b11-7+,12-8+,23-15+,24-16+. The molecule has 2 rings (SSSR count). The van der Waals surface area contributed by atoms with E-state index in [0.29, 0.717) is 0 Å². The molecule has 3 N–H and O–H groups in total. The van der Waals surface area contributed by atoms with Gasteiger partial charge in [-0.25, -0.2) is 5.43 Å². The zero-order valence-corrected chi connectivity index (χ0v) is 15.8. The average molecular weight is 377 g/mol. The van der Waals surface area contributed by atoms with Gasteiger partial charge in [0.1, 0.15) is 11.5 Å². The van der Waals surface area contributed by atoms with Crippen molar-refractivity contribution in [1.29, 1.82) is 0 Å². The minimum Gasteiger partial charge on any atom is -0.496 e. The number of hydrogen-bond donors (Lipinski definition) is 2. The van der Waals surface area contributed by atoms with Crippen LogP contribution in [-0.2, 0) is 0 Å². The van der Waals surface area contributed by atoms with Crippen LogP contribution in [0.1, 0.15) is 11.1 Å². The zero-order valence-electron chi connectivity index (χ0n) is 15.8. The average Bonchev–Trinajstić information content (AvgIpc) is 2.73. The van der Waals surface area contributed by atoms with E-state index in [4.69, 9.17) is 15.2 Å². The monoisotopic (exact) mass is 377 g/mol. The summed E-state index contributed by atoms with van der Waals surface area (Å²) in [7, 11) is 3.26. The summed E-state index contributed by atoms with van der Waals surface area (Å²) in [4.78, 5) is 0. The number of allylic oxidation sites excluding steroid dienone is 2. The Labute approximate surface area is 164 Å². The molecule has 0 atom stereocenters. The molecule has 7 nitrogen and oxygen atoms in total. The largest absolute Gasteiger partial charge is 0.496 e. The molecule has 0 saturated carbocycles. The summed E-state index contributed by atoms with van der Waals surface area (Å²) in [5.41, 5.74) is 10.1. The summed E-state index contributed by atoms with van der Waals surface area (Å²) in [6, 6.07) is 15.3. The Hall–Kier alpha value is -3.87. The fourth-order valence-corrected chi connectivity index (χ4v) is 2.20. The van der Waals surface area contributed by atoms with Crippen molar-refractivity contribution >= 4 is 30.5 Å². The Bertz CT molecular complexity index is 901. The normalized spacial score (nSPS) is 12.4. The number of nitrogens with one attached hydrogen (secondary N) is 1. The number of nitrogens with zero attached hydrogens (tertiary/aromatic N) is 3. The van der Waals surface area contributed by atoms with E-state index in [1.54, 1.807) is 32.6 Å². The van der Waals surface area contributed by atoms with Gasteiger partial charge >= 0.3 is 0 Å². The molecule has 0 bridgehead atoms. The third kappa shape index (κ3) is 6.80. The van der Waals surface area contributed by atoms with Crippen LogP contribution < -0.4 is 20.6 Å². The summed E-state index contributed by atoms with van der Waals surface area (Å²) in [5.74, 6) is 1.65. The number of ether oxygens (including phenoxy) is 2. The van der Waals surface area contributed by atoms with Crippen molar-refractivity contribution in [2.75, 3.05) is 14.2 Å². The van der Waals surface area contributed by atoms with Crippen LogP contribution in [0, 0.1) is 0 Å². The van der Waals surface area contributed by atoms with Crippen LogP contribution in [0.4, 0.5) is 0 Å². The Balaban J connectivity index is 1.82. The van der Waals surface area contributed by atoms with E-state index >= 15 is 0 Å². The molecular weight excluding hydrogens is 354 g/mol. The summed E-state index contributed by atoms with van der Waals surface area (Å²) >= 11 is 0. The predicted octanol–water partition coefficient (Wildman–Crippen LogP) is 3.31. The smallest absolute Gasteiger partial charge is 0.234 e. The molecule has 0 aliphatic rings. The molecule has 2 aromatic rings. The second-order valence-corrected chi connectivity index (χ2v) is 5.34. The van der Waals surface area contributed by atoms with E-state index in [-0.39, 0.29) is 5.96 Å². The van der Waals surface area contributed by atoms with Gasteiger partial charge in [0, 0.05) is 23.6 Å². The first-order valence-electron chi connectivity index (χ1n) is 8.49. The summed E-state index contributed by atoms with van der Waals surface area (Å²) in [6.07, 6.45) is 10.3. The number of benzene rings is 2. The highest BCUT2D eigenvalue weighted by Gasteiger charge is 1.96. The summed E-state index contributed by atoms with van der Waals surface area (Å²) in [5, 5.41) is 11.6. The van der Waals surface area contributed by atoms with Gasteiger partial charge in [0.2, 0.25) is 5.96 Å². The number of guanidine groups is 1. The molecule has 7 heteroatoms. The van der Waals surface area contributed by atoms with Crippen LogP contribution in [0.2, 0.25) is 0 Å². The SMILES string of the molecule is COc1ccccc1/C=C/C=N/N=C(\N)N/N=C/C=C/c1ccccc1OC. The first kappa shape index (κ1) is 20.4. The van der Waals surface area contributed by atoms with Crippen molar-refractivity contribution in [3.05, 3.63) is 71.8 Å². The van der Waals surface area contributed by atoms with Gasteiger partial charge < -0.3 is 15.2 Å². The Morgan fingerprint density at radius 1 is 0.857 bits per heavy atom. The highest BCUT2D eigenvalue weighted by atomic mass is 16.5. The van der Waals surface area contributed by atoms with Crippen LogP contribution in [0.15, 0.2) is 76.0 Å². The molecule has 144 valence electrons. The molecule has 0 heterocycles. The maximum absolute atomic E-state index is 5.67. The van der Waals surface area contributed by atoms with Crippen LogP contribution in [-0.4, -0.2) is 32.6 Å². The van der Waals surface area contributed by atoms with Crippen molar-refractivity contribution < 1.29 is 9.47 Å². The lowest BCUT2D eigenvalue weighted by Gasteiger charge is -2.02. The molecule has 0 aliphatic carbocycles. The Morgan fingerprint density at radius 3 is 1.96 bits per heavy atom. The van der Waals surface area contributed by atoms with Crippen LogP contribution in [0.5, 0.6) is 11.5 Å². The third-order valence-corrected chi connectivity index (χ3v) is 3.49. The molecule has 2 aromatic carbocycles. The lowest BCUT2D eigenvalue weighted by atomic mass is 10.2. The number of hydrogen-bond acceptors (Lipinski definition) is 5. The van der Waals surface area contributed by atoms with Gasteiger partial charge in [-0.3, -0.25) is 0 Å². The molecule has 0 spiro atoms. The summed E-state index contributed by atoms with van der Waals surface area (Å²) in [6.45, 7) is 0. The van der Waals surface area contributed by atoms with Crippen LogP contribution >= 0.6 is 0 Å². The molecule has 0 radical (unpaired) electrons. The Kier molecular flexibility index (Phi) is 8.53. The van der Waals surface area contributed by atoms with Gasteiger partial charge in [-0.05, 0) is 36.4 Å². The molecule has 0 aliphatic heterocycles.